The molecule has 1 aromatic rings. The van der Waals surface area contributed by atoms with E-state index in [9.17, 15) is 4.79 Å². The molecule has 5 nitrogen and oxygen atoms in total. The summed E-state index contributed by atoms with van der Waals surface area (Å²) in [6.07, 6.45) is 2.86. The number of carbonyl (C=O) groups excluding carboxylic acids is 1. The molecular formula is C16H24N2O3. The molecule has 0 heterocycles. The van der Waals surface area contributed by atoms with Crippen LogP contribution < -0.4 is 14.8 Å². The van der Waals surface area contributed by atoms with E-state index >= 15 is 0 Å². The summed E-state index contributed by atoms with van der Waals surface area (Å²) in [6.45, 7) is 1.12. The fourth-order valence-electron chi connectivity index (χ4n) is 2.03. The number of hydrogen-bond acceptors (Lipinski definition) is 4. The molecule has 116 valence electrons. The second-order valence-corrected chi connectivity index (χ2v) is 5.49. The van der Waals surface area contributed by atoms with Crippen molar-refractivity contribution in [2.24, 2.45) is 0 Å². The summed E-state index contributed by atoms with van der Waals surface area (Å²) >= 11 is 0. The van der Waals surface area contributed by atoms with Crippen LogP contribution in [0.1, 0.15) is 24.8 Å². The summed E-state index contributed by atoms with van der Waals surface area (Å²) in [5.41, 5.74) is 1.07. The van der Waals surface area contributed by atoms with E-state index in [1.807, 2.05) is 18.2 Å². The Kier molecular flexibility index (Phi) is 5.44. The first-order chi connectivity index (χ1) is 10.1. The van der Waals surface area contributed by atoms with Crippen LogP contribution in [0.25, 0.3) is 0 Å². The minimum absolute atomic E-state index is 0.0579. The van der Waals surface area contributed by atoms with Crippen LogP contribution in [0.4, 0.5) is 0 Å². The van der Waals surface area contributed by atoms with E-state index in [1.54, 1.807) is 26.1 Å². The van der Waals surface area contributed by atoms with Crippen LogP contribution in [-0.2, 0) is 11.3 Å². The van der Waals surface area contributed by atoms with Crippen molar-refractivity contribution in [2.75, 3.05) is 27.8 Å². The summed E-state index contributed by atoms with van der Waals surface area (Å²) in [5.74, 6) is 1.50. The third-order valence-corrected chi connectivity index (χ3v) is 3.50. The molecule has 0 aliphatic heterocycles. The Labute approximate surface area is 126 Å². The van der Waals surface area contributed by atoms with Gasteiger partial charge in [-0.1, -0.05) is 12.1 Å². The maximum absolute atomic E-state index is 11.6. The topological polar surface area (TPSA) is 50.8 Å². The molecule has 1 fully saturated rings. The largest absolute Gasteiger partial charge is 0.493 e. The molecule has 0 bridgehead atoms. The van der Waals surface area contributed by atoms with Crippen molar-refractivity contribution >= 4 is 5.91 Å². The van der Waals surface area contributed by atoms with E-state index in [0.717, 1.165) is 17.9 Å². The van der Waals surface area contributed by atoms with Crippen molar-refractivity contribution in [1.82, 2.24) is 10.2 Å². The number of nitrogens with zero attached hydrogens (tertiary/aromatic N) is 1. The molecule has 1 amide bonds. The molecule has 1 aromatic carbocycles. The summed E-state index contributed by atoms with van der Waals surface area (Å²) in [7, 11) is 5.12. The Hall–Kier alpha value is -1.75. The highest BCUT2D eigenvalue weighted by atomic mass is 16.5. The standard InChI is InChI=1S/C16H24N2O3/c1-18(2)15(19)9-10-21-16-12(11-17-13-7-8-13)5-4-6-14(16)20-3/h4-6,13,17H,7-11H2,1-3H3. The Morgan fingerprint density at radius 1 is 1.38 bits per heavy atom. The zero-order valence-corrected chi connectivity index (χ0v) is 13.0. The highest BCUT2D eigenvalue weighted by molar-refractivity contribution is 5.75. The van der Waals surface area contributed by atoms with Gasteiger partial charge in [-0.2, -0.15) is 0 Å². The molecule has 1 saturated carbocycles. The normalized spacial score (nSPS) is 13.9. The van der Waals surface area contributed by atoms with Crippen LogP contribution in [0.5, 0.6) is 11.5 Å². The van der Waals surface area contributed by atoms with Gasteiger partial charge in [-0.3, -0.25) is 4.79 Å². The van der Waals surface area contributed by atoms with Gasteiger partial charge in [0.2, 0.25) is 5.91 Å². The number of carbonyl (C=O) groups is 1. The van der Waals surface area contributed by atoms with Crippen molar-refractivity contribution < 1.29 is 14.3 Å². The second-order valence-electron chi connectivity index (χ2n) is 5.49. The first-order valence-corrected chi connectivity index (χ1v) is 7.34. The van der Waals surface area contributed by atoms with Gasteiger partial charge in [0.05, 0.1) is 20.1 Å². The fraction of sp³-hybridized carbons (Fsp3) is 0.562. The van der Waals surface area contributed by atoms with E-state index in [2.05, 4.69) is 5.32 Å². The van der Waals surface area contributed by atoms with Gasteiger partial charge < -0.3 is 19.7 Å². The zero-order valence-electron chi connectivity index (χ0n) is 13.0. The van der Waals surface area contributed by atoms with Gasteiger partial charge in [0.15, 0.2) is 11.5 Å². The average molecular weight is 292 g/mol. The number of hydrogen-bond donors (Lipinski definition) is 1. The number of rotatable bonds is 8. The van der Waals surface area contributed by atoms with Gasteiger partial charge in [0, 0.05) is 32.2 Å². The van der Waals surface area contributed by atoms with Crippen LogP contribution >= 0.6 is 0 Å². The van der Waals surface area contributed by atoms with E-state index in [1.165, 1.54) is 12.8 Å². The number of nitrogens with one attached hydrogen (secondary N) is 1. The Morgan fingerprint density at radius 3 is 2.76 bits per heavy atom. The van der Waals surface area contributed by atoms with Gasteiger partial charge in [-0.15, -0.1) is 0 Å². The average Bonchev–Trinajstić information content (AvgIpc) is 3.29. The van der Waals surface area contributed by atoms with Gasteiger partial charge in [-0.05, 0) is 18.9 Å². The van der Waals surface area contributed by atoms with Crippen molar-refractivity contribution in [1.29, 1.82) is 0 Å². The Balaban J connectivity index is 1.98. The third-order valence-electron chi connectivity index (χ3n) is 3.50. The molecule has 0 atom stereocenters. The van der Waals surface area contributed by atoms with Crippen LogP contribution in [-0.4, -0.2) is 44.7 Å². The predicted octanol–water partition coefficient (Wildman–Crippen LogP) is 1.80. The minimum atomic E-state index is 0.0579. The third kappa shape index (κ3) is 4.63. The van der Waals surface area contributed by atoms with Gasteiger partial charge in [0.25, 0.3) is 0 Å². The minimum Gasteiger partial charge on any atom is -0.493 e. The van der Waals surface area contributed by atoms with Crippen LogP contribution in [0.2, 0.25) is 0 Å². The summed E-state index contributed by atoms with van der Waals surface area (Å²) in [5, 5.41) is 3.47. The van der Waals surface area contributed by atoms with E-state index in [-0.39, 0.29) is 5.91 Å². The molecule has 1 aliphatic carbocycles. The number of benzene rings is 1. The highest BCUT2D eigenvalue weighted by Gasteiger charge is 2.21. The van der Waals surface area contributed by atoms with E-state index in [4.69, 9.17) is 9.47 Å². The predicted molar refractivity (Wildman–Crippen MR) is 81.7 cm³/mol. The smallest absolute Gasteiger partial charge is 0.225 e. The first-order valence-electron chi connectivity index (χ1n) is 7.34. The Bertz CT molecular complexity index is 484. The van der Waals surface area contributed by atoms with E-state index in [0.29, 0.717) is 24.8 Å². The molecular weight excluding hydrogens is 268 g/mol. The SMILES string of the molecule is COc1cccc(CNC2CC2)c1OCCC(=O)N(C)C. The van der Waals surface area contributed by atoms with E-state index < -0.39 is 0 Å². The van der Waals surface area contributed by atoms with Crippen molar-refractivity contribution in [3.8, 4) is 11.5 Å². The molecule has 21 heavy (non-hydrogen) atoms. The quantitative estimate of drug-likeness (QED) is 0.794. The van der Waals surface area contributed by atoms with Crippen molar-refractivity contribution in [3.63, 3.8) is 0 Å². The monoisotopic (exact) mass is 292 g/mol. The molecule has 0 aromatic heterocycles. The molecule has 0 unspecified atom stereocenters. The molecule has 0 radical (unpaired) electrons. The highest BCUT2D eigenvalue weighted by Crippen LogP contribution is 2.32. The summed E-state index contributed by atoms with van der Waals surface area (Å²) < 4.78 is 11.2. The van der Waals surface area contributed by atoms with Crippen LogP contribution in [0.3, 0.4) is 0 Å². The fourth-order valence-corrected chi connectivity index (χ4v) is 2.03. The molecule has 5 heteroatoms. The molecule has 0 spiro atoms. The lowest BCUT2D eigenvalue weighted by atomic mass is 10.2. The molecule has 2 rings (SSSR count). The van der Waals surface area contributed by atoms with Gasteiger partial charge in [0.1, 0.15) is 0 Å². The molecule has 0 saturated heterocycles. The maximum Gasteiger partial charge on any atom is 0.225 e. The first kappa shape index (κ1) is 15.6. The molecule has 1 aliphatic rings. The number of ether oxygens (including phenoxy) is 2. The van der Waals surface area contributed by atoms with Gasteiger partial charge in [-0.25, -0.2) is 0 Å². The lowest BCUT2D eigenvalue weighted by Crippen LogP contribution is -2.23. The second kappa shape index (κ2) is 7.31. The lowest BCUT2D eigenvalue weighted by molar-refractivity contribution is -0.129. The van der Waals surface area contributed by atoms with Gasteiger partial charge >= 0.3 is 0 Å². The zero-order chi connectivity index (χ0) is 15.2. The van der Waals surface area contributed by atoms with Crippen molar-refractivity contribution in [3.05, 3.63) is 23.8 Å². The summed E-state index contributed by atoms with van der Waals surface area (Å²) in [4.78, 5) is 13.2. The number of methoxy groups -OCH3 is 1. The van der Waals surface area contributed by atoms with Crippen molar-refractivity contribution in [2.45, 2.75) is 31.8 Å². The lowest BCUT2D eigenvalue weighted by Gasteiger charge is -2.16. The Morgan fingerprint density at radius 2 is 2.14 bits per heavy atom. The molecule has 1 N–H and O–H groups in total. The summed E-state index contributed by atoms with van der Waals surface area (Å²) in [6, 6.07) is 6.50. The van der Waals surface area contributed by atoms with Crippen LogP contribution in [0.15, 0.2) is 18.2 Å². The number of amides is 1. The van der Waals surface area contributed by atoms with Crippen LogP contribution in [0, 0.1) is 0 Å². The maximum atomic E-state index is 11.6. The number of para-hydroxylation sites is 1.